The van der Waals surface area contributed by atoms with Gasteiger partial charge in [-0.1, -0.05) is 54.6 Å². The summed E-state index contributed by atoms with van der Waals surface area (Å²) >= 11 is 0. The van der Waals surface area contributed by atoms with Crippen LogP contribution in [0.2, 0.25) is 0 Å². The zero-order chi connectivity index (χ0) is 20.1. The molecule has 0 aliphatic carbocycles. The Bertz CT molecular complexity index is 1110. The van der Waals surface area contributed by atoms with Crippen molar-refractivity contribution in [3.8, 4) is 5.75 Å². The smallest absolute Gasteiger partial charge is 0.221 e. The summed E-state index contributed by atoms with van der Waals surface area (Å²) in [5.74, 6) is 0.805. The molecule has 5 heteroatoms. The fourth-order valence-corrected chi connectivity index (χ4v) is 3.53. The van der Waals surface area contributed by atoms with Crippen molar-refractivity contribution >= 4 is 16.9 Å². The number of para-hydroxylation sites is 1. The molecule has 29 heavy (non-hydrogen) atoms. The van der Waals surface area contributed by atoms with Crippen LogP contribution in [-0.4, -0.2) is 23.0 Å². The Labute approximate surface area is 169 Å². The van der Waals surface area contributed by atoms with E-state index in [-0.39, 0.29) is 11.9 Å². The van der Waals surface area contributed by atoms with Crippen molar-refractivity contribution < 1.29 is 9.53 Å². The minimum atomic E-state index is -0.228. The third kappa shape index (κ3) is 4.29. The van der Waals surface area contributed by atoms with Crippen LogP contribution in [-0.2, 0) is 11.2 Å². The predicted molar refractivity (Wildman–Crippen MR) is 114 cm³/mol. The minimum Gasteiger partial charge on any atom is -0.496 e. The maximum Gasteiger partial charge on any atom is 0.221 e. The molecule has 1 heterocycles. The molecule has 146 valence electrons. The second-order valence-electron chi connectivity index (χ2n) is 6.90. The Balaban J connectivity index is 1.54. The fraction of sp³-hybridized carbons (Fsp3) is 0.167. The average molecular weight is 385 g/mol. The van der Waals surface area contributed by atoms with E-state index in [0.29, 0.717) is 12.8 Å². The fourth-order valence-electron chi connectivity index (χ4n) is 3.53. The number of methoxy groups -OCH3 is 1. The first kappa shape index (κ1) is 18.7. The molecule has 2 N–H and O–H groups in total. The van der Waals surface area contributed by atoms with E-state index in [1.807, 2.05) is 72.8 Å². The Morgan fingerprint density at radius 3 is 2.66 bits per heavy atom. The van der Waals surface area contributed by atoms with Gasteiger partial charge in [-0.3, -0.25) is 4.79 Å². The normalized spacial score (nSPS) is 11.9. The summed E-state index contributed by atoms with van der Waals surface area (Å²) in [5.41, 5.74) is 4.94. The van der Waals surface area contributed by atoms with E-state index in [0.717, 1.165) is 33.5 Å². The lowest BCUT2D eigenvalue weighted by atomic mass is 9.97. The first-order chi connectivity index (χ1) is 14.2. The van der Waals surface area contributed by atoms with Gasteiger partial charge in [0.1, 0.15) is 5.75 Å². The van der Waals surface area contributed by atoms with Crippen LogP contribution >= 0.6 is 0 Å². The molecule has 0 fully saturated rings. The molecule has 0 radical (unpaired) electrons. The average Bonchev–Trinajstić information content (AvgIpc) is 3.24. The van der Waals surface area contributed by atoms with Crippen LogP contribution in [0.5, 0.6) is 5.75 Å². The van der Waals surface area contributed by atoms with E-state index >= 15 is 0 Å². The lowest BCUT2D eigenvalue weighted by Gasteiger charge is -2.20. The highest BCUT2D eigenvalue weighted by Crippen LogP contribution is 2.25. The highest BCUT2D eigenvalue weighted by atomic mass is 16.5. The number of hydrogen-bond donors (Lipinski definition) is 2. The van der Waals surface area contributed by atoms with Gasteiger partial charge in [0.05, 0.1) is 30.5 Å². The third-order valence-corrected chi connectivity index (χ3v) is 5.03. The van der Waals surface area contributed by atoms with Crippen LogP contribution < -0.4 is 10.1 Å². The van der Waals surface area contributed by atoms with E-state index in [1.165, 1.54) is 0 Å². The third-order valence-electron chi connectivity index (χ3n) is 5.03. The van der Waals surface area contributed by atoms with Crippen molar-refractivity contribution in [2.24, 2.45) is 0 Å². The van der Waals surface area contributed by atoms with Crippen LogP contribution in [0.4, 0.5) is 0 Å². The number of amides is 1. The monoisotopic (exact) mass is 385 g/mol. The van der Waals surface area contributed by atoms with E-state index < -0.39 is 0 Å². The van der Waals surface area contributed by atoms with Crippen LogP contribution in [0.3, 0.4) is 0 Å². The summed E-state index contributed by atoms with van der Waals surface area (Å²) < 4.78 is 5.39. The molecular formula is C24H23N3O2. The van der Waals surface area contributed by atoms with Gasteiger partial charge in [-0.25, -0.2) is 4.98 Å². The van der Waals surface area contributed by atoms with Gasteiger partial charge in [0.2, 0.25) is 5.91 Å². The topological polar surface area (TPSA) is 67.0 Å². The number of nitrogens with one attached hydrogen (secondary N) is 2. The Hall–Kier alpha value is -3.60. The quantitative estimate of drug-likeness (QED) is 0.495. The van der Waals surface area contributed by atoms with Crippen LogP contribution in [0.25, 0.3) is 11.0 Å². The number of aromatic amines is 1. The Kier molecular flexibility index (Phi) is 5.56. The van der Waals surface area contributed by atoms with Gasteiger partial charge in [0, 0.05) is 6.42 Å². The summed E-state index contributed by atoms with van der Waals surface area (Å²) in [7, 11) is 1.65. The van der Waals surface area contributed by atoms with Gasteiger partial charge < -0.3 is 15.0 Å². The molecule has 0 unspecified atom stereocenters. The van der Waals surface area contributed by atoms with E-state index in [2.05, 4.69) is 15.3 Å². The molecule has 4 aromatic rings. The standard InChI is InChI=1S/C24H23N3O2/c1-29-22-10-6-5-7-17(22)12-14-23(28)27-24(18-8-3-2-4-9-18)19-11-13-20-21(15-19)26-16-25-20/h2-11,13,15-16,24H,12,14H2,1H3,(H,25,26)(H,27,28)/t24-/m0/s1. The number of carbonyl (C=O) groups excluding carboxylic acids is 1. The first-order valence-corrected chi connectivity index (χ1v) is 9.64. The van der Waals surface area contributed by atoms with Gasteiger partial charge in [-0.2, -0.15) is 0 Å². The maximum atomic E-state index is 12.8. The molecule has 1 aromatic heterocycles. The van der Waals surface area contributed by atoms with Gasteiger partial charge in [-0.15, -0.1) is 0 Å². The number of H-pyrrole nitrogens is 1. The molecule has 0 aliphatic rings. The number of hydrogen-bond acceptors (Lipinski definition) is 3. The number of carbonyl (C=O) groups is 1. The van der Waals surface area contributed by atoms with E-state index in [1.54, 1.807) is 13.4 Å². The molecule has 5 nitrogen and oxygen atoms in total. The van der Waals surface area contributed by atoms with Crippen LogP contribution in [0, 0.1) is 0 Å². The van der Waals surface area contributed by atoms with Crippen LogP contribution in [0.15, 0.2) is 79.1 Å². The van der Waals surface area contributed by atoms with Gasteiger partial charge in [0.25, 0.3) is 0 Å². The minimum absolute atomic E-state index is 0.00512. The number of rotatable bonds is 7. The Morgan fingerprint density at radius 2 is 1.83 bits per heavy atom. The van der Waals surface area contributed by atoms with Crippen LogP contribution in [0.1, 0.15) is 29.2 Å². The van der Waals surface area contributed by atoms with Crippen molar-refractivity contribution in [2.45, 2.75) is 18.9 Å². The molecule has 0 saturated heterocycles. The maximum absolute atomic E-state index is 12.8. The van der Waals surface area contributed by atoms with Gasteiger partial charge >= 0.3 is 0 Å². The second kappa shape index (κ2) is 8.61. The number of fused-ring (bicyclic) bond motifs is 1. The molecule has 0 saturated carbocycles. The largest absolute Gasteiger partial charge is 0.496 e. The zero-order valence-corrected chi connectivity index (χ0v) is 16.3. The molecule has 1 amide bonds. The van der Waals surface area contributed by atoms with Crippen molar-refractivity contribution in [3.05, 3.63) is 95.8 Å². The SMILES string of the molecule is COc1ccccc1CCC(=O)N[C@@H](c1ccccc1)c1ccc2nc[nH]c2c1. The molecule has 0 spiro atoms. The lowest BCUT2D eigenvalue weighted by Crippen LogP contribution is -2.29. The number of ether oxygens (including phenoxy) is 1. The molecule has 0 bridgehead atoms. The van der Waals surface area contributed by atoms with Gasteiger partial charge in [0.15, 0.2) is 0 Å². The molecule has 1 atom stereocenters. The second-order valence-corrected chi connectivity index (χ2v) is 6.90. The lowest BCUT2D eigenvalue weighted by molar-refractivity contribution is -0.121. The van der Waals surface area contributed by atoms with E-state index in [4.69, 9.17) is 4.74 Å². The van der Waals surface area contributed by atoms with Crippen molar-refractivity contribution in [1.29, 1.82) is 0 Å². The summed E-state index contributed by atoms with van der Waals surface area (Å²) in [5, 5.41) is 3.20. The van der Waals surface area contributed by atoms with E-state index in [9.17, 15) is 4.79 Å². The summed E-state index contributed by atoms with van der Waals surface area (Å²) in [6, 6.07) is 23.6. The Morgan fingerprint density at radius 1 is 1.03 bits per heavy atom. The van der Waals surface area contributed by atoms with Crippen molar-refractivity contribution in [2.75, 3.05) is 7.11 Å². The number of aromatic nitrogens is 2. The van der Waals surface area contributed by atoms with Crippen molar-refractivity contribution in [1.82, 2.24) is 15.3 Å². The number of aryl methyl sites for hydroxylation is 1. The summed E-state index contributed by atoms with van der Waals surface area (Å²) in [6.07, 6.45) is 2.69. The number of nitrogens with zero attached hydrogens (tertiary/aromatic N) is 1. The zero-order valence-electron chi connectivity index (χ0n) is 16.3. The molecule has 4 rings (SSSR count). The molecule has 0 aliphatic heterocycles. The predicted octanol–water partition coefficient (Wildman–Crippen LogP) is 4.41. The summed E-state index contributed by atoms with van der Waals surface area (Å²) in [6.45, 7) is 0. The number of imidazole rings is 1. The van der Waals surface area contributed by atoms with Gasteiger partial charge in [-0.05, 0) is 41.3 Å². The highest BCUT2D eigenvalue weighted by molar-refractivity contribution is 5.79. The molecular weight excluding hydrogens is 362 g/mol. The summed E-state index contributed by atoms with van der Waals surface area (Å²) in [4.78, 5) is 20.2. The highest BCUT2D eigenvalue weighted by Gasteiger charge is 2.18. The molecule has 3 aromatic carbocycles. The van der Waals surface area contributed by atoms with Crippen molar-refractivity contribution in [3.63, 3.8) is 0 Å². The first-order valence-electron chi connectivity index (χ1n) is 9.64. The number of benzene rings is 3.